The number of amides is 1. The molecule has 0 bridgehead atoms. The van der Waals surface area contributed by atoms with Gasteiger partial charge in [0.05, 0.1) is 15.4 Å². The molecular weight excluding hydrogens is 400 g/mol. The Balaban J connectivity index is 1.45. The minimum absolute atomic E-state index is 0.00828. The van der Waals surface area contributed by atoms with Crippen LogP contribution >= 0.6 is 0 Å². The van der Waals surface area contributed by atoms with Crippen LogP contribution in [0.2, 0.25) is 0 Å². The Kier molecular flexibility index (Phi) is 6.46. The maximum atomic E-state index is 12.6. The van der Waals surface area contributed by atoms with E-state index in [1.165, 1.54) is 11.0 Å². The van der Waals surface area contributed by atoms with Crippen molar-refractivity contribution in [3.05, 3.63) is 29.8 Å². The van der Waals surface area contributed by atoms with Crippen molar-refractivity contribution in [2.24, 2.45) is 0 Å². The number of nitrogens with zero attached hydrogens (tertiary/aromatic N) is 1. The molecule has 0 unspecified atom stereocenters. The summed E-state index contributed by atoms with van der Waals surface area (Å²) >= 11 is 0. The second kappa shape index (κ2) is 8.51. The first kappa shape index (κ1) is 21.3. The van der Waals surface area contributed by atoms with Crippen molar-refractivity contribution in [1.29, 1.82) is 0 Å². The van der Waals surface area contributed by atoms with Crippen LogP contribution in [0.25, 0.3) is 0 Å². The van der Waals surface area contributed by atoms with Gasteiger partial charge in [0.25, 0.3) is 0 Å². The van der Waals surface area contributed by atoms with Crippen molar-refractivity contribution in [3.8, 4) is 0 Å². The van der Waals surface area contributed by atoms with E-state index in [2.05, 4.69) is 4.72 Å². The van der Waals surface area contributed by atoms with Crippen molar-refractivity contribution in [1.82, 2.24) is 9.62 Å². The summed E-state index contributed by atoms with van der Waals surface area (Å²) in [6.45, 7) is 2.25. The zero-order valence-corrected chi connectivity index (χ0v) is 17.8. The molecule has 0 spiro atoms. The third-order valence-corrected chi connectivity index (χ3v) is 9.70. The minimum atomic E-state index is -3.66. The molecule has 0 atom stereocenters. The molecule has 1 aromatic rings. The Hall–Kier alpha value is -1.45. The summed E-state index contributed by atoms with van der Waals surface area (Å²) in [5, 5.41) is -0.729. The van der Waals surface area contributed by atoms with E-state index in [0.29, 0.717) is 0 Å². The lowest BCUT2D eigenvalue weighted by atomic mass is 10.0. The number of aryl methyl sites for hydroxylation is 1. The summed E-state index contributed by atoms with van der Waals surface area (Å²) in [4.78, 5) is 13.9. The van der Waals surface area contributed by atoms with Crippen LogP contribution in [-0.2, 0) is 24.7 Å². The van der Waals surface area contributed by atoms with Gasteiger partial charge in [-0.2, -0.15) is 0 Å². The number of hydrogen-bond donors (Lipinski definition) is 1. The van der Waals surface area contributed by atoms with Gasteiger partial charge in [-0.15, -0.1) is 0 Å². The van der Waals surface area contributed by atoms with Gasteiger partial charge in [-0.25, -0.2) is 21.6 Å². The highest BCUT2D eigenvalue weighted by Gasteiger charge is 2.43. The van der Waals surface area contributed by atoms with Crippen LogP contribution in [0.5, 0.6) is 0 Å². The summed E-state index contributed by atoms with van der Waals surface area (Å²) in [6.07, 6.45) is 4.49. The topological polar surface area (TPSA) is 101 Å². The summed E-state index contributed by atoms with van der Waals surface area (Å²) in [7, 11) is -6.84. The maximum absolute atomic E-state index is 12.6. The molecule has 1 aliphatic heterocycles. The van der Waals surface area contributed by atoms with E-state index in [9.17, 15) is 21.6 Å². The lowest BCUT2D eigenvalue weighted by molar-refractivity contribution is -0.134. The molecule has 9 heteroatoms. The molecule has 1 saturated carbocycles. The number of rotatable bonds is 7. The first-order valence-corrected chi connectivity index (χ1v) is 12.9. The zero-order chi connectivity index (χ0) is 20.4. The monoisotopic (exact) mass is 428 g/mol. The number of carbonyl (C=O) groups excluding carboxylic acids is 1. The Morgan fingerprint density at radius 3 is 2.39 bits per heavy atom. The summed E-state index contributed by atoms with van der Waals surface area (Å²) < 4.78 is 52.2. The lowest BCUT2D eigenvalue weighted by Gasteiger charge is -2.41. The standard InChI is InChI=1S/C19H28N2O5S2/c1-15-6-5-9-17(12-15)28(25,26)20-11-10-19(22)21-13-18(14-21)27(23,24)16-7-3-2-4-8-16/h5-6,9,12,16,18,20H,2-4,7-8,10-11,13-14H2,1H3. The minimum Gasteiger partial charge on any atom is -0.340 e. The van der Waals surface area contributed by atoms with E-state index in [1.54, 1.807) is 12.1 Å². The SMILES string of the molecule is Cc1cccc(S(=O)(=O)NCCC(=O)N2CC(S(=O)(=O)C3CCCCC3)C2)c1. The van der Waals surface area contributed by atoms with E-state index < -0.39 is 25.1 Å². The highest BCUT2D eigenvalue weighted by Crippen LogP contribution is 2.29. The quantitative estimate of drug-likeness (QED) is 0.711. The van der Waals surface area contributed by atoms with Gasteiger partial charge in [0.1, 0.15) is 0 Å². The fourth-order valence-electron chi connectivity index (χ4n) is 3.83. The largest absolute Gasteiger partial charge is 0.340 e. The molecule has 1 saturated heterocycles. The summed E-state index contributed by atoms with van der Waals surface area (Å²) in [6, 6.07) is 6.56. The Morgan fingerprint density at radius 1 is 1.07 bits per heavy atom. The zero-order valence-electron chi connectivity index (χ0n) is 16.1. The molecule has 2 aliphatic rings. The number of hydrogen-bond acceptors (Lipinski definition) is 5. The molecular formula is C19H28N2O5S2. The normalized spacial score (nSPS) is 19.4. The molecule has 1 aromatic carbocycles. The smallest absolute Gasteiger partial charge is 0.240 e. The lowest BCUT2D eigenvalue weighted by Crippen LogP contribution is -2.59. The molecule has 2 fully saturated rings. The molecule has 1 N–H and O–H groups in total. The van der Waals surface area contributed by atoms with Crippen LogP contribution in [0.1, 0.15) is 44.1 Å². The van der Waals surface area contributed by atoms with Gasteiger partial charge in [-0.1, -0.05) is 31.4 Å². The second-order valence-electron chi connectivity index (χ2n) is 7.73. The van der Waals surface area contributed by atoms with Crippen LogP contribution in [-0.4, -0.2) is 57.8 Å². The summed E-state index contributed by atoms with van der Waals surface area (Å²) in [5.74, 6) is -0.220. The van der Waals surface area contributed by atoms with Gasteiger partial charge in [0.15, 0.2) is 9.84 Å². The molecule has 0 radical (unpaired) electrons. The molecule has 156 valence electrons. The van der Waals surface area contributed by atoms with Crippen LogP contribution in [0.15, 0.2) is 29.2 Å². The van der Waals surface area contributed by atoms with Crippen LogP contribution in [0, 0.1) is 6.92 Å². The predicted octanol–water partition coefficient (Wildman–Crippen LogP) is 1.62. The van der Waals surface area contributed by atoms with E-state index in [0.717, 1.165) is 37.7 Å². The molecule has 7 nitrogen and oxygen atoms in total. The second-order valence-corrected chi connectivity index (χ2v) is 12.0. The number of sulfone groups is 1. The van der Waals surface area contributed by atoms with Crippen LogP contribution < -0.4 is 4.72 Å². The fourth-order valence-corrected chi connectivity index (χ4v) is 7.28. The van der Waals surface area contributed by atoms with Gasteiger partial charge >= 0.3 is 0 Å². The third-order valence-electron chi connectivity index (χ3n) is 5.61. The summed E-state index contributed by atoms with van der Waals surface area (Å²) in [5.41, 5.74) is 0.838. The van der Waals surface area contributed by atoms with Gasteiger partial charge < -0.3 is 4.90 Å². The molecule has 0 aromatic heterocycles. The number of nitrogens with one attached hydrogen (secondary N) is 1. The fraction of sp³-hybridized carbons (Fsp3) is 0.632. The van der Waals surface area contributed by atoms with E-state index >= 15 is 0 Å². The maximum Gasteiger partial charge on any atom is 0.240 e. The van der Waals surface area contributed by atoms with Gasteiger partial charge in [0, 0.05) is 26.1 Å². The number of benzene rings is 1. The Bertz CT molecular complexity index is 915. The molecule has 3 rings (SSSR count). The van der Waals surface area contributed by atoms with Crippen molar-refractivity contribution in [2.75, 3.05) is 19.6 Å². The van der Waals surface area contributed by atoms with Crippen molar-refractivity contribution in [3.63, 3.8) is 0 Å². The number of sulfonamides is 1. The highest BCUT2D eigenvalue weighted by molar-refractivity contribution is 7.92. The molecule has 1 heterocycles. The molecule has 1 amide bonds. The average Bonchev–Trinajstić information content (AvgIpc) is 2.61. The average molecular weight is 429 g/mol. The third kappa shape index (κ3) is 4.75. The Labute approximate surface area is 167 Å². The van der Waals surface area contributed by atoms with E-state index in [-0.39, 0.29) is 42.1 Å². The predicted molar refractivity (Wildman–Crippen MR) is 107 cm³/mol. The van der Waals surface area contributed by atoms with Crippen molar-refractivity contribution < 1.29 is 21.6 Å². The van der Waals surface area contributed by atoms with Crippen molar-refractivity contribution in [2.45, 2.75) is 60.8 Å². The van der Waals surface area contributed by atoms with Gasteiger partial charge in [-0.05, 0) is 37.5 Å². The van der Waals surface area contributed by atoms with E-state index in [4.69, 9.17) is 0 Å². The van der Waals surface area contributed by atoms with Gasteiger partial charge in [-0.3, -0.25) is 4.79 Å². The number of likely N-dealkylation sites (tertiary alicyclic amines) is 1. The number of carbonyl (C=O) groups is 1. The van der Waals surface area contributed by atoms with Gasteiger partial charge in [0.2, 0.25) is 15.9 Å². The first-order valence-electron chi connectivity index (χ1n) is 9.77. The first-order chi connectivity index (χ1) is 13.2. The Morgan fingerprint density at radius 2 is 1.75 bits per heavy atom. The molecule has 1 aliphatic carbocycles. The van der Waals surface area contributed by atoms with E-state index in [1.807, 2.05) is 13.0 Å². The van der Waals surface area contributed by atoms with Crippen LogP contribution in [0.3, 0.4) is 0 Å². The molecule has 28 heavy (non-hydrogen) atoms. The highest BCUT2D eigenvalue weighted by atomic mass is 32.2. The van der Waals surface area contributed by atoms with Crippen molar-refractivity contribution >= 4 is 25.8 Å². The van der Waals surface area contributed by atoms with Crippen LogP contribution in [0.4, 0.5) is 0 Å².